The molecule has 2 heterocycles. The number of aromatic nitrogens is 2. The van der Waals surface area contributed by atoms with E-state index in [1.54, 1.807) is 24.1 Å². The molecule has 0 aliphatic carbocycles. The molecule has 2 aromatic carbocycles. The van der Waals surface area contributed by atoms with Crippen molar-refractivity contribution in [2.24, 2.45) is 0 Å². The van der Waals surface area contributed by atoms with Crippen LogP contribution in [0.5, 0.6) is 0 Å². The molecule has 2 aromatic heterocycles. The summed E-state index contributed by atoms with van der Waals surface area (Å²) in [5, 5.41) is 2.83. The fourth-order valence-corrected chi connectivity index (χ4v) is 3.31. The predicted molar refractivity (Wildman–Crippen MR) is 114 cm³/mol. The largest absolute Gasteiger partial charge is 0.459 e. The maximum atomic E-state index is 12.9. The Morgan fingerprint density at radius 2 is 1.80 bits per heavy atom. The molecule has 2 amide bonds. The number of nitrogens with zero attached hydrogens (tertiary/aromatic N) is 3. The molecule has 0 bridgehead atoms. The van der Waals surface area contributed by atoms with Gasteiger partial charge in [-0.15, -0.1) is 0 Å². The highest BCUT2D eigenvalue weighted by Crippen LogP contribution is 2.18. The molecule has 0 aliphatic rings. The monoisotopic (exact) mass is 402 g/mol. The van der Waals surface area contributed by atoms with Crippen LogP contribution < -0.4 is 10.2 Å². The molecule has 7 heteroatoms. The fraction of sp³-hybridized carbons (Fsp3) is 0.174. The van der Waals surface area contributed by atoms with Crippen molar-refractivity contribution in [3.8, 4) is 0 Å². The van der Waals surface area contributed by atoms with E-state index >= 15 is 0 Å². The molecule has 4 aromatic rings. The smallest absolute Gasteiger partial charge is 0.286 e. The SMILES string of the molecule is CN(C(=O)Cn1c(CCNC(=O)c2ccco2)nc2ccccc21)c1ccccc1. The second-order valence-corrected chi connectivity index (χ2v) is 6.87. The molecule has 0 spiro atoms. The summed E-state index contributed by atoms with van der Waals surface area (Å²) in [6.07, 6.45) is 1.95. The third-order valence-corrected chi connectivity index (χ3v) is 4.92. The van der Waals surface area contributed by atoms with Crippen LogP contribution in [-0.2, 0) is 17.8 Å². The molecule has 0 radical (unpaired) electrons. The van der Waals surface area contributed by atoms with Crippen molar-refractivity contribution >= 4 is 28.5 Å². The van der Waals surface area contributed by atoms with Crippen LogP contribution in [0.1, 0.15) is 16.4 Å². The van der Waals surface area contributed by atoms with E-state index in [-0.39, 0.29) is 24.1 Å². The van der Waals surface area contributed by atoms with Gasteiger partial charge in [0.1, 0.15) is 12.4 Å². The van der Waals surface area contributed by atoms with Crippen molar-refractivity contribution in [2.75, 3.05) is 18.5 Å². The minimum absolute atomic E-state index is 0.0507. The van der Waals surface area contributed by atoms with E-state index in [4.69, 9.17) is 4.42 Å². The Hall–Kier alpha value is -3.87. The van der Waals surface area contributed by atoms with E-state index in [2.05, 4.69) is 10.3 Å². The van der Waals surface area contributed by atoms with Gasteiger partial charge in [-0.05, 0) is 36.4 Å². The van der Waals surface area contributed by atoms with Gasteiger partial charge in [0.25, 0.3) is 5.91 Å². The summed E-state index contributed by atoms with van der Waals surface area (Å²) in [5.74, 6) is 0.682. The summed E-state index contributed by atoms with van der Waals surface area (Å²) in [7, 11) is 1.76. The molecule has 152 valence electrons. The molecule has 7 nitrogen and oxygen atoms in total. The number of carbonyl (C=O) groups excluding carboxylic acids is 2. The Morgan fingerprint density at radius 1 is 1.03 bits per heavy atom. The van der Waals surface area contributed by atoms with Gasteiger partial charge in [-0.2, -0.15) is 0 Å². The number of amides is 2. The van der Waals surface area contributed by atoms with Crippen molar-refractivity contribution < 1.29 is 14.0 Å². The number of para-hydroxylation sites is 3. The van der Waals surface area contributed by atoms with Gasteiger partial charge in [-0.3, -0.25) is 9.59 Å². The van der Waals surface area contributed by atoms with Crippen LogP contribution in [0, 0.1) is 0 Å². The first kappa shape index (κ1) is 19.4. The topological polar surface area (TPSA) is 80.4 Å². The zero-order valence-electron chi connectivity index (χ0n) is 16.6. The lowest BCUT2D eigenvalue weighted by atomic mass is 10.3. The number of rotatable bonds is 7. The number of nitrogens with one attached hydrogen (secondary N) is 1. The second-order valence-electron chi connectivity index (χ2n) is 6.87. The Kier molecular flexibility index (Phi) is 5.61. The van der Waals surface area contributed by atoms with E-state index in [1.807, 2.05) is 59.2 Å². The Labute approximate surface area is 173 Å². The summed E-state index contributed by atoms with van der Waals surface area (Å²) in [5.41, 5.74) is 2.54. The van der Waals surface area contributed by atoms with Crippen LogP contribution in [0.2, 0.25) is 0 Å². The summed E-state index contributed by atoms with van der Waals surface area (Å²) in [6.45, 7) is 0.541. The maximum Gasteiger partial charge on any atom is 0.286 e. The van der Waals surface area contributed by atoms with Gasteiger partial charge in [0, 0.05) is 25.7 Å². The zero-order valence-corrected chi connectivity index (χ0v) is 16.6. The highest BCUT2D eigenvalue weighted by Gasteiger charge is 2.17. The lowest BCUT2D eigenvalue weighted by Crippen LogP contribution is -2.31. The van der Waals surface area contributed by atoms with Gasteiger partial charge in [0.2, 0.25) is 5.91 Å². The summed E-state index contributed by atoms with van der Waals surface area (Å²) in [4.78, 5) is 31.3. The highest BCUT2D eigenvalue weighted by atomic mass is 16.3. The first-order chi connectivity index (χ1) is 14.6. The number of hydrogen-bond acceptors (Lipinski definition) is 4. The third kappa shape index (κ3) is 4.10. The Bertz CT molecular complexity index is 1150. The van der Waals surface area contributed by atoms with Crippen molar-refractivity contribution in [2.45, 2.75) is 13.0 Å². The number of anilines is 1. The van der Waals surface area contributed by atoms with Crippen molar-refractivity contribution in [3.63, 3.8) is 0 Å². The number of likely N-dealkylation sites (N-methyl/N-ethyl adjacent to an activating group) is 1. The number of benzene rings is 2. The number of carbonyl (C=O) groups is 2. The molecule has 0 atom stereocenters. The minimum Gasteiger partial charge on any atom is -0.459 e. The quantitative estimate of drug-likeness (QED) is 0.515. The molecule has 0 unspecified atom stereocenters. The average Bonchev–Trinajstić information content (AvgIpc) is 3.43. The first-order valence-corrected chi connectivity index (χ1v) is 9.71. The van der Waals surface area contributed by atoms with Crippen LogP contribution in [-0.4, -0.2) is 35.0 Å². The molecule has 1 N–H and O–H groups in total. The van der Waals surface area contributed by atoms with Gasteiger partial charge < -0.3 is 19.2 Å². The summed E-state index contributed by atoms with van der Waals surface area (Å²) >= 11 is 0. The van der Waals surface area contributed by atoms with E-state index in [0.717, 1.165) is 22.5 Å². The van der Waals surface area contributed by atoms with Crippen molar-refractivity contribution in [1.82, 2.24) is 14.9 Å². The van der Waals surface area contributed by atoms with Gasteiger partial charge in [-0.25, -0.2) is 4.98 Å². The highest BCUT2D eigenvalue weighted by molar-refractivity contribution is 5.93. The Morgan fingerprint density at radius 3 is 2.57 bits per heavy atom. The van der Waals surface area contributed by atoms with Crippen LogP contribution in [0.4, 0.5) is 5.69 Å². The molecule has 30 heavy (non-hydrogen) atoms. The Balaban J connectivity index is 1.51. The van der Waals surface area contributed by atoms with Gasteiger partial charge in [0.15, 0.2) is 5.76 Å². The van der Waals surface area contributed by atoms with E-state index in [0.29, 0.717) is 13.0 Å². The van der Waals surface area contributed by atoms with Crippen LogP contribution in [0.15, 0.2) is 77.4 Å². The maximum absolute atomic E-state index is 12.9. The number of fused-ring (bicyclic) bond motifs is 1. The van der Waals surface area contributed by atoms with Crippen LogP contribution >= 0.6 is 0 Å². The minimum atomic E-state index is -0.275. The van der Waals surface area contributed by atoms with Crippen molar-refractivity contribution in [1.29, 1.82) is 0 Å². The molecular formula is C23H22N4O3. The molecule has 4 rings (SSSR count). The lowest BCUT2D eigenvalue weighted by molar-refractivity contribution is -0.118. The number of imidazole rings is 1. The van der Waals surface area contributed by atoms with Gasteiger partial charge in [0.05, 0.1) is 17.3 Å². The van der Waals surface area contributed by atoms with E-state index in [9.17, 15) is 9.59 Å². The fourth-order valence-electron chi connectivity index (χ4n) is 3.31. The zero-order chi connectivity index (χ0) is 20.9. The molecule has 0 saturated heterocycles. The van der Waals surface area contributed by atoms with Crippen LogP contribution in [0.3, 0.4) is 0 Å². The number of furan rings is 1. The molecular weight excluding hydrogens is 380 g/mol. The van der Waals surface area contributed by atoms with Crippen LogP contribution in [0.25, 0.3) is 11.0 Å². The normalized spacial score (nSPS) is 10.8. The summed E-state index contributed by atoms with van der Waals surface area (Å²) in [6, 6.07) is 20.5. The van der Waals surface area contributed by atoms with Gasteiger partial charge in [-0.1, -0.05) is 30.3 Å². The average molecular weight is 402 g/mol. The molecule has 0 fully saturated rings. The summed E-state index contributed by atoms with van der Waals surface area (Å²) < 4.78 is 7.02. The van der Waals surface area contributed by atoms with Gasteiger partial charge >= 0.3 is 0 Å². The number of hydrogen-bond donors (Lipinski definition) is 1. The molecule has 0 aliphatic heterocycles. The standard InChI is InChI=1S/C23H22N4O3/c1-26(17-8-3-2-4-9-17)22(28)16-27-19-11-6-5-10-18(19)25-21(27)13-14-24-23(29)20-12-7-15-30-20/h2-12,15H,13-14,16H2,1H3,(H,24,29). The van der Waals surface area contributed by atoms with E-state index < -0.39 is 0 Å². The lowest BCUT2D eigenvalue weighted by Gasteiger charge is -2.18. The third-order valence-electron chi connectivity index (χ3n) is 4.92. The first-order valence-electron chi connectivity index (χ1n) is 9.71. The second kappa shape index (κ2) is 8.65. The van der Waals surface area contributed by atoms with E-state index in [1.165, 1.54) is 6.26 Å². The predicted octanol–water partition coefficient (Wildman–Crippen LogP) is 3.26. The molecule has 0 saturated carbocycles. The van der Waals surface area contributed by atoms with Crippen molar-refractivity contribution in [3.05, 3.63) is 84.6 Å².